The summed E-state index contributed by atoms with van der Waals surface area (Å²) in [5, 5.41) is -1.38. The molecule has 0 fully saturated rings. The fourth-order valence-corrected chi connectivity index (χ4v) is 3.69. The lowest BCUT2D eigenvalue weighted by molar-refractivity contribution is -0.140. The van der Waals surface area contributed by atoms with Crippen LogP contribution in [0.1, 0.15) is 45.0 Å². The second kappa shape index (κ2) is 11.7. The van der Waals surface area contributed by atoms with Gasteiger partial charge in [-0.25, -0.2) is 23.1 Å². The second-order valence-corrected chi connectivity index (χ2v) is 8.44. The molecule has 0 saturated carbocycles. The largest absolute Gasteiger partial charge is 0.417 e. The van der Waals surface area contributed by atoms with Gasteiger partial charge in [-0.05, 0) is 42.0 Å². The van der Waals surface area contributed by atoms with E-state index in [9.17, 15) is 44.3 Å². The number of carbonyl (C=O) groups is 1. The van der Waals surface area contributed by atoms with Gasteiger partial charge in [-0.1, -0.05) is 29.3 Å². The first-order valence-corrected chi connectivity index (χ1v) is 11.1. The summed E-state index contributed by atoms with van der Waals surface area (Å²) < 4.78 is 124. The minimum absolute atomic E-state index is 0.0989. The van der Waals surface area contributed by atoms with Crippen molar-refractivity contribution in [3.05, 3.63) is 92.7 Å². The van der Waals surface area contributed by atoms with E-state index in [0.29, 0.717) is 24.3 Å². The van der Waals surface area contributed by atoms with Crippen LogP contribution in [-0.2, 0) is 6.18 Å². The summed E-state index contributed by atoms with van der Waals surface area (Å²) in [5.41, 5.74) is -1.53. The monoisotopic (exact) mass is 602 g/mol. The molecule has 1 atom stereocenters. The Morgan fingerprint density at radius 2 is 1.62 bits per heavy atom. The minimum Gasteiger partial charge on any atom is -0.267 e. The number of aromatic nitrogens is 2. The third-order valence-electron chi connectivity index (χ3n) is 5.04. The number of anilines is 1. The smallest absolute Gasteiger partial charge is 0.267 e. The van der Waals surface area contributed by atoms with E-state index < -0.39 is 74.3 Å². The van der Waals surface area contributed by atoms with Gasteiger partial charge in [0.2, 0.25) is 5.95 Å². The summed E-state index contributed by atoms with van der Waals surface area (Å²) in [7, 11) is 0. The van der Waals surface area contributed by atoms with Gasteiger partial charge in [0.1, 0.15) is 11.7 Å². The summed E-state index contributed by atoms with van der Waals surface area (Å²) in [5.74, 6) is -6.18. The van der Waals surface area contributed by atoms with Gasteiger partial charge in [0, 0.05) is 23.5 Å². The molecule has 1 aromatic heterocycles. The molecule has 2 aromatic carbocycles. The number of rotatable bonds is 7. The zero-order chi connectivity index (χ0) is 29.1. The molecular weight excluding hydrogens is 590 g/mol. The predicted octanol–water partition coefficient (Wildman–Crippen LogP) is 8.15. The number of amides is 1. The standard InChI is InChI=1S/C23H13Cl2F9N4O/c24-16-8-11(6-13(18(16)25)19(27)28)14(22(29,30)31)9-17(26)10-2-3-12(15(7-10)23(32,33)34)20(39)37-38-21-35-4-1-5-36-21/h1-9,14,19H,(H,37,39)(H,35,36,38). The minimum atomic E-state index is -5.27. The van der Waals surface area contributed by atoms with Crippen LogP contribution in [-0.4, -0.2) is 22.1 Å². The second-order valence-electron chi connectivity index (χ2n) is 7.65. The fourth-order valence-electron chi connectivity index (χ4n) is 3.26. The molecule has 1 amide bonds. The van der Waals surface area contributed by atoms with E-state index in [1.807, 2.05) is 5.43 Å². The van der Waals surface area contributed by atoms with Crippen LogP contribution in [0.25, 0.3) is 5.83 Å². The Morgan fingerprint density at radius 3 is 2.18 bits per heavy atom. The van der Waals surface area contributed by atoms with Crippen LogP contribution in [0.4, 0.5) is 45.5 Å². The molecule has 0 bridgehead atoms. The molecule has 5 nitrogen and oxygen atoms in total. The topological polar surface area (TPSA) is 66.9 Å². The number of nitrogens with one attached hydrogen (secondary N) is 2. The van der Waals surface area contributed by atoms with Crippen molar-refractivity contribution in [2.45, 2.75) is 24.7 Å². The highest BCUT2D eigenvalue weighted by Crippen LogP contribution is 2.43. The third-order valence-corrected chi connectivity index (χ3v) is 5.85. The number of nitrogens with zero attached hydrogens (tertiary/aromatic N) is 2. The van der Waals surface area contributed by atoms with Crippen molar-refractivity contribution in [3.8, 4) is 0 Å². The molecule has 1 heterocycles. The van der Waals surface area contributed by atoms with Crippen LogP contribution >= 0.6 is 23.2 Å². The molecule has 208 valence electrons. The number of halogens is 11. The van der Waals surface area contributed by atoms with Crippen LogP contribution in [0.3, 0.4) is 0 Å². The maximum atomic E-state index is 15.0. The van der Waals surface area contributed by atoms with Crippen molar-refractivity contribution < 1.29 is 44.3 Å². The summed E-state index contributed by atoms with van der Waals surface area (Å²) in [4.78, 5) is 19.7. The molecule has 0 aliphatic carbocycles. The zero-order valence-corrected chi connectivity index (χ0v) is 20.3. The predicted molar refractivity (Wildman–Crippen MR) is 124 cm³/mol. The van der Waals surface area contributed by atoms with Crippen LogP contribution in [0.5, 0.6) is 0 Å². The Bertz CT molecular complexity index is 1380. The van der Waals surface area contributed by atoms with Crippen LogP contribution in [0.15, 0.2) is 54.9 Å². The van der Waals surface area contributed by atoms with E-state index >= 15 is 0 Å². The highest BCUT2D eigenvalue weighted by atomic mass is 35.5. The maximum Gasteiger partial charge on any atom is 0.417 e. The quantitative estimate of drug-likeness (QED) is 0.211. The van der Waals surface area contributed by atoms with E-state index in [-0.39, 0.29) is 18.1 Å². The van der Waals surface area contributed by atoms with Crippen LogP contribution < -0.4 is 10.9 Å². The summed E-state index contributed by atoms with van der Waals surface area (Å²) in [6, 6.07) is 3.71. The average Bonchev–Trinajstić information content (AvgIpc) is 2.86. The molecule has 39 heavy (non-hydrogen) atoms. The van der Waals surface area contributed by atoms with E-state index in [0.717, 1.165) is 0 Å². The molecule has 3 rings (SSSR count). The van der Waals surface area contributed by atoms with E-state index in [1.54, 1.807) is 0 Å². The highest BCUT2D eigenvalue weighted by Gasteiger charge is 2.41. The SMILES string of the molecule is O=C(NNc1ncccn1)c1ccc(C(F)=CC(c2cc(Cl)c(Cl)c(C(F)F)c2)C(F)(F)F)cc1C(F)(F)F. The van der Waals surface area contributed by atoms with E-state index in [4.69, 9.17) is 23.2 Å². The van der Waals surface area contributed by atoms with Crippen molar-refractivity contribution in [1.29, 1.82) is 0 Å². The molecule has 0 radical (unpaired) electrons. The molecule has 3 aromatic rings. The first-order valence-electron chi connectivity index (χ1n) is 10.4. The zero-order valence-electron chi connectivity index (χ0n) is 18.8. The van der Waals surface area contributed by atoms with Gasteiger partial charge in [-0.3, -0.25) is 15.6 Å². The van der Waals surface area contributed by atoms with Crippen molar-refractivity contribution >= 4 is 40.9 Å². The van der Waals surface area contributed by atoms with Crippen LogP contribution in [0.2, 0.25) is 10.0 Å². The Labute approximate surface area is 223 Å². The molecule has 0 aliphatic heterocycles. The van der Waals surface area contributed by atoms with Gasteiger partial charge in [-0.15, -0.1) is 0 Å². The highest BCUT2D eigenvalue weighted by molar-refractivity contribution is 6.42. The summed E-state index contributed by atoms with van der Waals surface area (Å²) in [6.45, 7) is 0. The first kappa shape index (κ1) is 30.0. The van der Waals surface area contributed by atoms with E-state index in [1.165, 1.54) is 18.5 Å². The molecule has 0 saturated heterocycles. The number of alkyl halides is 8. The van der Waals surface area contributed by atoms with Gasteiger partial charge in [0.25, 0.3) is 12.3 Å². The van der Waals surface area contributed by atoms with Crippen LogP contribution in [0, 0.1) is 0 Å². The number of hydrogen-bond acceptors (Lipinski definition) is 4. The lowest BCUT2D eigenvalue weighted by atomic mass is 9.94. The Hall–Kier alpha value is -3.52. The lowest BCUT2D eigenvalue weighted by Gasteiger charge is -2.20. The Kier molecular flexibility index (Phi) is 9.01. The number of allylic oxidation sites excluding steroid dienone is 1. The van der Waals surface area contributed by atoms with Crippen molar-refractivity contribution in [1.82, 2.24) is 15.4 Å². The van der Waals surface area contributed by atoms with Gasteiger partial charge >= 0.3 is 12.4 Å². The van der Waals surface area contributed by atoms with Gasteiger partial charge in [0.05, 0.1) is 21.2 Å². The van der Waals surface area contributed by atoms with Crippen molar-refractivity contribution in [2.24, 2.45) is 0 Å². The maximum absolute atomic E-state index is 15.0. The Balaban J connectivity index is 2.02. The van der Waals surface area contributed by atoms with Crippen molar-refractivity contribution in [3.63, 3.8) is 0 Å². The summed E-state index contributed by atoms with van der Waals surface area (Å²) >= 11 is 11.3. The molecule has 2 N–H and O–H groups in total. The van der Waals surface area contributed by atoms with Gasteiger partial charge in [0.15, 0.2) is 0 Å². The summed E-state index contributed by atoms with van der Waals surface area (Å²) in [6.07, 6.45) is -11.4. The number of hydrazine groups is 1. The molecular formula is C23H13Cl2F9N4O. The van der Waals surface area contributed by atoms with Gasteiger partial charge < -0.3 is 0 Å². The molecule has 0 aliphatic rings. The van der Waals surface area contributed by atoms with Crippen molar-refractivity contribution in [2.75, 3.05) is 5.43 Å². The molecule has 16 heteroatoms. The van der Waals surface area contributed by atoms with Gasteiger partial charge in [-0.2, -0.15) is 26.3 Å². The Morgan fingerprint density at radius 1 is 0.974 bits per heavy atom. The molecule has 0 spiro atoms. The fraction of sp³-hybridized carbons (Fsp3) is 0.174. The van der Waals surface area contributed by atoms with E-state index in [2.05, 4.69) is 15.4 Å². The third kappa shape index (κ3) is 7.32. The number of hydrogen-bond donors (Lipinski definition) is 2. The number of carbonyl (C=O) groups excluding carboxylic acids is 1. The molecule has 1 unspecified atom stereocenters. The first-order chi connectivity index (χ1) is 18.1. The normalized spacial score (nSPS) is 13.4. The number of benzene rings is 2. The average molecular weight is 603 g/mol. The lowest BCUT2D eigenvalue weighted by Crippen LogP contribution is -2.32.